The molecule has 1 amide bonds. The number of epoxide rings is 1. The largest absolute Gasteiger partial charge is 0.458 e. The van der Waals surface area contributed by atoms with Gasteiger partial charge in [-0.25, -0.2) is 19.8 Å². The number of aliphatic hydroxyl groups is 2. The van der Waals surface area contributed by atoms with Gasteiger partial charge in [0.25, 0.3) is 0 Å². The number of amides is 1. The van der Waals surface area contributed by atoms with E-state index >= 15 is 0 Å². The second kappa shape index (κ2) is 11.4. The summed E-state index contributed by atoms with van der Waals surface area (Å²) < 4.78 is 11.7. The third-order valence-corrected chi connectivity index (χ3v) is 10.8. The third-order valence-electron chi connectivity index (χ3n) is 10.8. The van der Waals surface area contributed by atoms with Crippen LogP contribution >= 0.6 is 0 Å². The van der Waals surface area contributed by atoms with E-state index < -0.39 is 29.2 Å². The maximum absolute atomic E-state index is 13.1. The van der Waals surface area contributed by atoms with Gasteiger partial charge in [0.2, 0.25) is 11.9 Å². The summed E-state index contributed by atoms with van der Waals surface area (Å²) in [5, 5.41) is 31.8. The van der Waals surface area contributed by atoms with Gasteiger partial charge in [0, 0.05) is 23.9 Å². The summed E-state index contributed by atoms with van der Waals surface area (Å²) in [6, 6.07) is 4.36. The Labute approximate surface area is 251 Å². The summed E-state index contributed by atoms with van der Waals surface area (Å²) in [4.78, 5) is 38.7. The Morgan fingerprint density at radius 1 is 1.28 bits per heavy atom. The molecule has 2 aliphatic carbocycles. The molecule has 0 bridgehead atoms. The van der Waals surface area contributed by atoms with Gasteiger partial charge >= 0.3 is 5.97 Å². The van der Waals surface area contributed by atoms with Crippen molar-refractivity contribution >= 4 is 29.9 Å². The first-order chi connectivity index (χ1) is 20.6. The maximum atomic E-state index is 13.1. The molecule has 1 saturated heterocycles. The number of guanidine groups is 1. The minimum Gasteiger partial charge on any atom is -0.458 e. The minimum absolute atomic E-state index is 0.0925. The molecule has 5 aliphatic rings. The Hall–Kier alpha value is -3.19. The number of anilines is 1. The van der Waals surface area contributed by atoms with Crippen molar-refractivity contribution in [3.05, 3.63) is 36.0 Å². The van der Waals surface area contributed by atoms with Crippen LogP contribution in [0.2, 0.25) is 0 Å². The van der Waals surface area contributed by atoms with Crippen molar-refractivity contribution in [1.29, 1.82) is 0 Å². The van der Waals surface area contributed by atoms with E-state index in [1.165, 1.54) is 0 Å². The van der Waals surface area contributed by atoms with Crippen molar-refractivity contribution in [1.82, 2.24) is 15.6 Å². The molecular formula is C31H42N6O6. The quantitative estimate of drug-likeness (QED) is 0.208. The van der Waals surface area contributed by atoms with Gasteiger partial charge in [-0.05, 0) is 68.1 Å². The molecule has 6 rings (SSSR count). The zero-order chi connectivity index (χ0) is 30.4. The van der Waals surface area contributed by atoms with Crippen LogP contribution < -0.4 is 16.0 Å². The third kappa shape index (κ3) is 5.28. The minimum atomic E-state index is -0.754. The van der Waals surface area contributed by atoms with Gasteiger partial charge < -0.3 is 30.3 Å². The van der Waals surface area contributed by atoms with Crippen molar-refractivity contribution in [2.45, 2.75) is 76.3 Å². The number of cyclic esters (lactones) is 1. The molecule has 3 fully saturated rings. The number of hydrogen-bond acceptors (Lipinski definition) is 11. The Morgan fingerprint density at radius 2 is 2.09 bits per heavy atom. The van der Waals surface area contributed by atoms with Gasteiger partial charge in [0.15, 0.2) is 0 Å². The van der Waals surface area contributed by atoms with Crippen LogP contribution in [0.1, 0.15) is 46.5 Å². The van der Waals surface area contributed by atoms with Crippen LogP contribution in [-0.4, -0.2) is 95.4 Å². The van der Waals surface area contributed by atoms with Gasteiger partial charge in [-0.2, -0.15) is 0 Å². The zero-order valence-electron chi connectivity index (χ0n) is 25.0. The summed E-state index contributed by atoms with van der Waals surface area (Å²) in [5.41, 5.74) is -1.13. The standard InChI is InChI=1S/C31H42N6O6/c1-18(26(40)37-28-33-11-12-34-28)35-23-15-21-29(2,9-7-24(39)30(21,3)16-38)22(31(23)17-43-31)14-20(19-8-13-42-27(19)41)36-25-6-4-5-10-32-25/h4-6,8,10-11,18,20-24,35,38-39H,7,9,12-17H2,1-3H3,(H,32,36)(H,34,37,40)/t18?,20?,21?,22?,23?,24-,29+,30+,31?/m1/s1. The Morgan fingerprint density at radius 3 is 2.72 bits per heavy atom. The summed E-state index contributed by atoms with van der Waals surface area (Å²) >= 11 is 0. The van der Waals surface area contributed by atoms with E-state index in [0.717, 1.165) is 6.42 Å². The van der Waals surface area contributed by atoms with Crippen LogP contribution in [0.4, 0.5) is 5.82 Å². The van der Waals surface area contributed by atoms with Crippen molar-refractivity contribution in [3.63, 3.8) is 0 Å². The van der Waals surface area contributed by atoms with Gasteiger partial charge in [-0.3, -0.25) is 10.1 Å². The van der Waals surface area contributed by atoms with E-state index in [9.17, 15) is 19.8 Å². The van der Waals surface area contributed by atoms with Crippen molar-refractivity contribution in [2.24, 2.45) is 32.7 Å². The molecule has 12 heteroatoms. The average molecular weight is 595 g/mol. The number of esters is 1. The molecule has 232 valence electrons. The summed E-state index contributed by atoms with van der Waals surface area (Å²) in [6.45, 7) is 7.02. The first kappa shape index (κ1) is 29.9. The highest BCUT2D eigenvalue weighted by atomic mass is 16.6. The van der Waals surface area contributed by atoms with E-state index in [-0.39, 0.29) is 48.4 Å². The molecule has 6 unspecified atom stereocenters. The zero-order valence-corrected chi connectivity index (χ0v) is 25.0. The lowest BCUT2D eigenvalue weighted by molar-refractivity contribution is -0.184. The lowest BCUT2D eigenvalue weighted by Gasteiger charge is -2.63. The highest BCUT2D eigenvalue weighted by molar-refractivity contribution is 6.04. The number of hydrogen-bond donors (Lipinski definition) is 5. The summed E-state index contributed by atoms with van der Waals surface area (Å²) in [7, 11) is 0. The fourth-order valence-corrected chi connectivity index (χ4v) is 8.26. The monoisotopic (exact) mass is 594 g/mol. The molecule has 1 spiro atoms. The number of aliphatic imine (C=N–C) groups is 2. The van der Waals surface area contributed by atoms with E-state index in [0.29, 0.717) is 49.8 Å². The van der Waals surface area contributed by atoms with E-state index in [1.54, 1.807) is 19.3 Å². The molecule has 0 radical (unpaired) electrons. The normalized spacial score (nSPS) is 37.7. The molecule has 12 nitrogen and oxygen atoms in total. The Balaban J connectivity index is 1.35. The number of ether oxygens (including phenoxy) is 2. The highest BCUT2D eigenvalue weighted by Crippen LogP contribution is 2.66. The number of nitrogens with zero attached hydrogens (tertiary/aromatic N) is 3. The van der Waals surface area contributed by atoms with Crippen LogP contribution in [-0.2, 0) is 19.1 Å². The first-order valence-electron chi connectivity index (χ1n) is 15.2. The number of aromatic nitrogens is 1. The van der Waals surface area contributed by atoms with Crippen molar-refractivity contribution in [2.75, 3.05) is 31.7 Å². The number of carbonyl (C=O) groups is 2. The number of fused-ring (bicyclic) bond motifs is 1. The fourth-order valence-electron chi connectivity index (χ4n) is 8.26. The van der Waals surface area contributed by atoms with Gasteiger partial charge in [0.1, 0.15) is 18.0 Å². The summed E-state index contributed by atoms with van der Waals surface area (Å²) in [5.74, 6) is 0.157. The number of nitrogens with one attached hydrogen (secondary N) is 3. The van der Waals surface area contributed by atoms with E-state index in [2.05, 4.69) is 37.8 Å². The van der Waals surface area contributed by atoms with Crippen molar-refractivity contribution in [3.8, 4) is 0 Å². The molecule has 9 atom stereocenters. The second-order valence-electron chi connectivity index (χ2n) is 13.1. The topological polar surface area (TPSA) is 170 Å². The van der Waals surface area contributed by atoms with Gasteiger partial charge in [-0.15, -0.1) is 0 Å². The highest BCUT2D eigenvalue weighted by Gasteiger charge is 2.71. The predicted octanol–water partition coefficient (Wildman–Crippen LogP) is 1.20. The van der Waals surface area contributed by atoms with Crippen molar-refractivity contribution < 1.29 is 29.3 Å². The van der Waals surface area contributed by atoms with Crippen LogP contribution in [0.5, 0.6) is 0 Å². The van der Waals surface area contributed by atoms with E-state index in [1.807, 2.05) is 31.2 Å². The molecule has 2 saturated carbocycles. The molecule has 3 aliphatic heterocycles. The average Bonchev–Trinajstić information content (AvgIpc) is 3.38. The molecule has 43 heavy (non-hydrogen) atoms. The first-order valence-corrected chi connectivity index (χ1v) is 15.2. The van der Waals surface area contributed by atoms with Gasteiger partial charge in [-0.1, -0.05) is 19.9 Å². The lowest BCUT2D eigenvalue weighted by Crippen LogP contribution is -2.68. The molecule has 4 heterocycles. The summed E-state index contributed by atoms with van der Waals surface area (Å²) in [6.07, 6.45) is 6.94. The smallest absolute Gasteiger partial charge is 0.336 e. The Bertz CT molecular complexity index is 1330. The maximum Gasteiger partial charge on any atom is 0.336 e. The van der Waals surface area contributed by atoms with Crippen LogP contribution in [0.25, 0.3) is 0 Å². The number of pyridine rings is 1. The molecule has 0 aromatic carbocycles. The number of rotatable bonds is 9. The predicted molar refractivity (Wildman–Crippen MR) is 159 cm³/mol. The lowest BCUT2D eigenvalue weighted by atomic mass is 9.43. The van der Waals surface area contributed by atoms with E-state index in [4.69, 9.17) is 9.47 Å². The second-order valence-corrected chi connectivity index (χ2v) is 13.1. The SMILES string of the molecule is CC(NC1CC2[C@](C)(CC[C@@H](O)[C@@]2(C)CO)C(CC(Nc2ccccn2)C2=CCOC2=O)C12CO2)C(=O)NC1=NCC=N1. The van der Waals surface area contributed by atoms with Gasteiger partial charge in [0.05, 0.1) is 43.5 Å². The molecular weight excluding hydrogens is 552 g/mol. The molecule has 5 N–H and O–H groups in total. The Kier molecular flexibility index (Phi) is 7.91. The molecule has 1 aromatic heterocycles. The fraction of sp³-hybridized carbons (Fsp3) is 0.645. The van der Waals surface area contributed by atoms with Crippen LogP contribution in [0, 0.1) is 22.7 Å². The number of aliphatic hydroxyl groups excluding tert-OH is 2. The number of carbonyl (C=O) groups excluding carboxylic acids is 2. The van der Waals surface area contributed by atoms with Crippen LogP contribution in [0.15, 0.2) is 46.0 Å². The van der Waals surface area contributed by atoms with Crippen LogP contribution in [0.3, 0.4) is 0 Å². The molecule has 1 aromatic rings.